The molecule has 0 atom stereocenters. The third-order valence-electron chi connectivity index (χ3n) is 2.05. The van der Waals surface area contributed by atoms with E-state index in [1.807, 2.05) is 0 Å². The lowest BCUT2D eigenvalue weighted by Crippen LogP contribution is -2.41. The van der Waals surface area contributed by atoms with Gasteiger partial charge >= 0.3 is 0 Å². The molecule has 0 aromatic carbocycles. The number of hydrogen-bond donors (Lipinski definition) is 0. The average molecular weight is 173 g/mol. The first-order valence-electron chi connectivity index (χ1n) is 4.94. The second-order valence-corrected chi connectivity index (χ2v) is 4.67. The molecule has 0 N–H and O–H groups in total. The van der Waals surface area contributed by atoms with Gasteiger partial charge in [-0.25, -0.2) is 0 Å². The Balaban J connectivity index is 3.37. The zero-order valence-corrected chi connectivity index (χ0v) is 9.43. The van der Waals surface area contributed by atoms with Gasteiger partial charge < -0.3 is 9.38 Å². The molecule has 2 heteroatoms. The lowest BCUT2D eigenvalue weighted by atomic mass is 10.3. The van der Waals surface area contributed by atoms with Crippen LogP contribution < -0.4 is 0 Å². The summed E-state index contributed by atoms with van der Waals surface area (Å²) in [5.41, 5.74) is 0. The molecular weight excluding hydrogens is 148 g/mol. The molecule has 0 amide bonds. The fourth-order valence-corrected chi connectivity index (χ4v) is 1.01. The van der Waals surface area contributed by atoms with Crippen LogP contribution >= 0.6 is 0 Å². The Kier molecular flexibility index (Phi) is 5.51. The summed E-state index contributed by atoms with van der Waals surface area (Å²) in [6.45, 7) is 5.94. The third kappa shape index (κ3) is 8.02. The van der Waals surface area contributed by atoms with Crippen molar-refractivity contribution in [3.63, 3.8) is 0 Å². The van der Waals surface area contributed by atoms with Crippen LogP contribution in [0.5, 0.6) is 0 Å². The van der Waals surface area contributed by atoms with Crippen molar-refractivity contribution in [1.29, 1.82) is 0 Å². The molecule has 0 saturated heterocycles. The Morgan fingerprint density at radius 3 is 2.08 bits per heavy atom. The van der Waals surface area contributed by atoms with Crippen LogP contribution in [0, 0.1) is 0 Å². The van der Waals surface area contributed by atoms with Crippen molar-refractivity contribution < 1.29 is 4.48 Å². The summed E-state index contributed by atoms with van der Waals surface area (Å²) in [5, 5.41) is 0. The van der Waals surface area contributed by atoms with Crippen LogP contribution in [-0.2, 0) is 0 Å². The Morgan fingerprint density at radius 2 is 1.67 bits per heavy atom. The van der Waals surface area contributed by atoms with Crippen molar-refractivity contribution in [2.45, 2.75) is 19.8 Å². The minimum atomic E-state index is 1.07. The summed E-state index contributed by atoms with van der Waals surface area (Å²) >= 11 is 0. The van der Waals surface area contributed by atoms with Gasteiger partial charge in [0, 0.05) is 6.54 Å². The first kappa shape index (κ1) is 11.9. The molecule has 0 spiro atoms. The lowest BCUT2D eigenvalue weighted by Gasteiger charge is -2.26. The number of quaternary nitrogens is 1. The molecule has 0 aliphatic rings. The van der Waals surface area contributed by atoms with Crippen LogP contribution in [0.1, 0.15) is 19.8 Å². The van der Waals surface area contributed by atoms with Crippen LogP contribution in [0.25, 0.3) is 0 Å². The fourth-order valence-electron chi connectivity index (χ4n) is 1.01. The molecule has 74 valence electrons. The van der Waals surface area contributed by atoms with E-state index >= 15 is 0 Å². The molecule has 0 bridgehead atoms. The predicted octanol–water partition coefficient (Wildman–Crippen LogP) is 1.42. The monoisotopic (exact) mass is 173 g/mol. The van der Waals surface area contributed by atoms with Gasteiger partial charge in [-0.05, 0) is 20.0 Å². The molecule has 0 aromatic heterocycles. The molecule has 0 rings (SSSR count). The Morgan fingerprint density at radius 1 is 1.08 bits per heavy atom. The summed E-state index contributed by atoms with van der Waals surface area (Å²) in [7, 11) is 8.94. The molecule has 0 heterocycles. The third-order valence-corrected chi connectivity index (χ3v) is 2.05. The van der Waals surface area contributed by atoms with Gasteiger partial charge in [0.05, 0.1) is 27.7 Å². The van der Waals surface area contributed by atoms with Crippen LogP contribution in [0.4, 0.5) is 0 Å². The van der Waals surface area contributed by atoms with E-state index in [-0.39, 0.29) is 0 Å². The number of rotatable bonds is 6. The second-order valence-electron chi connectivity index (χ2n) is 4.67. The van der Waals surface area contributed by atoms with E-state index in [2.05, 4.69) is 40.0 Å². The van der Waals surface area contributed by atoms with Gasteiger partial charge in [0.2, 0.25) is 0 Å². The van der Waals surface area contributed by atoms with Gasteiger partial charge in [0.25, 0.3) is 0 Å². The minimum Gasteiger partial charge on any atom is -0.330 e. The molecule has 12 heavy (non-hydrogen) atoms. The van der Waals surface area contributed by atoms with E-state index < -0.39 is 0 Å². The number of nitrogens with zero attached hydrogens (tertiary/aromatic N) is 2. The zero-order chi connectivity index (χ0) is 9.61. The quantitative estimate of drug-likeness (QED) is 0.549. The fraction of sp³-hybridized carbons (Fsp3) is 1.00. The summed E-state index contributed by atoms with van der Waals surface area (Å²) in [6, 6.07) is 0. The predicted molar refractivity (Wildman–Crippen MR) is 55.3 cm³/mol. The van der Waals surface area contributed by atoms with Crippen molar-refractivity contribution >= 4 is 0 Å². The number of hydrogen-bond acceptors (Lipinski definition) is 1. The lowest BCUT2D eigenvalue weighted by molar-refractivity contribution is -0.869. The standard InChI is InChI=1S/C10H25N2/c1-6-7-8-11(2)9-10-12(3,4)5/h6-10H2,1-5H3/q+1. The highest BCUT2D eigenvalue weighted by Crippen LogP contribution is 1.94. The largest absolute Gasteiger partial charge is 0.330 e. The molecule has 0 aliphatic carbocycles. The van der Waals surface area contributed by atoms with Gasteiger partial charge in [-0.1, -0.05) is 13.3 Å². The van der Waals surface area contributed by atoms with E-state index in [0.717, 1.165) is 4.48 Å². The molecule has 0 unspecified atom stereocenters. The van der Waals surface area contributed by atoms with Crippen molar-refractivity contribution in [3.8, 4) is 0 Å². The maximum absolute atomic E-state index is 2.42. The van der Waals surface area contributed by atoms with Gasteiger partial charge in [0.15, 0.2) is 0 Å². The minimum absolute atomic E-state index is 1.07. The summed E-state index contributed by atoms with van der Waals surface area (Å²) in [4.78, 5) is 2.42. The molecule has 0 aliphatic heterocycles. The van der Waals surface area contributed by atoms with Crippen LogP contribution in [0.2, 0.25) is 0 Å². The van der Waals surface area contributed by atoms with E-state index in [1.165, 1.54) is 32.5 Å². The molecule has 0 radical (unpaired) electrons. The van der Waals surface area contributed by atoms with Crippen LogP contribution in [0.15, 0.2) is 0 Å². The van der Waals surface area contributed by atoms with Crippen molar-refractivity contribution in [2.24, 2.45) is 0 Å². The van der Waals surface area contributed by atoms with Crippen LogP contribution in [-0.4, -0.2) is 57.2 Å². The molecular formula is C10H25N2+. The summed E-state index contributed by atoms with van der Waals surface area (Å²) < 4.78 is 1.07. The maximum Gasteiger partial charge on any atom is 0.0909 e. The van der Waals surface area contributed by atoms with Crippen LogP contribution in [0.3, 0.4) is 0 Å². The topological polar surface area (TPSA) is 3.24 Å². The molecule has 0 aromatic rings. The van der Waals surface area contributed by atoms with Gasteiger partial charge in [0.1, 0.15) is 0 Å². The second kappa shape index (κ2) is 5.55. The summed E-state index contributed by atoms with van der Waals surface area (Å²) in [5.74, 6) is 0. The van der Waals surface area contributed by atoms with E-state index in [1.54, 1.807) is 0 Å². The normalized spacial score (nSPS) is 12.5. The van der Waals surface area contributed by atoms with Gasteiger partial charge in [-0.2, -0.15) is 0 Å². The maximum atomic E-state index is 2.42. The highest BCUT2D eigenvalue weighted by atomic mass is 15.3. The Labute approximate surface area is 77.8 Å². The highest BCUT2D eigenvalue weighted by molar-refractivity contribution is 4.49. The molecule has 0 saturated carbocycles. The van der Waals surface area contributed by atoms with E-state index in [9.17, 15) is 0 Å². The van der Waals surface area contributed by atoms with Crippen molar-refractivity contribution in [3.05, 3.63) is 0 Å². The first-order chi connectivity index (χ1) is 5.45. The Bertz CT molecular complexity index is 105. The van der Waals surface area contributed by atoms with E-state index in [4.69, 9.17) is 0 Å². The van der Waals surface area contributed by atoms with Gasteiger partial charge in [-0.15, -0.1) is 0 Å². The average Bonchev–Trinajstić information content (AvgIpc) is 1.95. The Hall–Kier alpha value is -0.0800. The molecule has 0 fully saturated rings. The van der Waals surface area contributed by atoms with Crippen molar-refractivity contribution in [1.82, 2.24) is 4.90 Å². The zero-order valence-electron chi connectivity index (χ0n) is 9.43. The van der Waals surface area contributed by atoms with Gasteiger partial charge in [-0.3, -0.25) is 0 Å². The van der Waals surface area contributed by atoms with Crippen molar-refractivity contribution in [2.75, 3.05) is 47.8 Å². The number of unbranched alkanes of at least 4 members (excludes halogenated alkanes) is 1. The molecule has 2 nitrogen and oxygen atoms in total. The first-order valence-corrected chi connectivity index (χ1v) is 4.94. The number of likely N-dealkylation sites (N-methyl/N-ethyl adjacent to an activating group) is 2. The summed E-state index contributed by atoms with van der Waals surface area (Å²) in [6.07, 6.45) is 2.63. The SMILES string of the molecule is CCCCN(C)CC[N+](C)(C)C. The highest BCUT2D eigenvalue weighted by Gasteiger charge is 2.07. The van der Waals surface area contributed by atoms with E-state index in [0.29, 0.717) is 0 Å². The smallest absolute Gasteiger partial charge is 0.0909 e.